The zero-order chi connectivity index (χ0) is 19.1. The zero-order valence-electron chi connectivity index (χ0n) is 16.2. The maximum Gasteiger partial charge on any atom is 0.242 e. The van der Waals surface area contributed by atoms with Gasteiger partial charge in [0.1, 0.15) is 28.0 Å². The van der Waals surface area contributed by atoms with Crippen molar-refractivity contribution in [3.05, 3.63) is 53.9 Å². The Balaban J connectivity index is 0.00000225. The van der Waals surface area contributed by atoms with E-state index >= 15 is 0 Å². The van der Waals surface area contributed by atoms with Gasteiger partial charge >= 0.3 is 0 Å². The van der Waals surface area contributed by atoms with Crippen molar-refractivity contribution in [3.8, 4) is 17.2 Å². The molecule has 2 heterocycles. The SMILES string of the molecule is COc1ccc(OC)c2nc3c(-[n+]4ccccc4)c(C)c(C)c(N)c3nc12.[Br-]. The molecule has 0 amide bonds. The molecule has 0 fully saturated rings. The number of nitrogen functional groups attached to an aromatic ring is 1. The Hall–Kier alpha value is -2.93. The number of pyridine rings is 1. The van der Waals surface area contributed by atoms with E-state index in [0.29, 0.717) is 33.7 Å². The van der Waals surface area contributed by atoms with Crippen molar-refractivity contribution < 1.29 is 31.0 Å². The molecule has 6 nitrogen and oxygen atoms in total. The van der Waals surface area contributed by atoms with E-state index in [-0.39, 0.29) is 17.0 Å². The van der Waals surface area contributed by atoms with Gasteiger partial charge in [0.25, 0.3) is 0 Å². The number of methoxy groups -OCH3 is 2. The second-order valence-electron chi connectivity index (χ2n) is 6.38. The molecule has 0 atom stereocenters. The van der Waals surface area contributed by atoms with Gasteiger partial charge in [0.15, 0.2) is 17.9 Å². The Morgan fingerprint density at radius 1 is 0.786 bits per heavy atom. The maximum atomic E-state index is 6.44. The van der Waals surface area contributed by atoms with Crippen LogP contribution < -0.4 is 36.8 Å². The highest BCUT2D eigenvalue weighted by Crippen LogP contribution is 2.36. The van der Waals surface area contributed by atoms with Crippen LogP contribution in [-0.2, 0) is 0 Å². The summed E-state index contributed by atoms with van der Waals surface area (Å²) in [5.74, 6) is 1.27. The normalized spacial score (nSPS) is 10.7. The van der Waals surface area contributed by atoms with E-state index in [2.05, 4.69) is 6.92 Å². The van der Waals surface area contributed by atoms with Crippen LogP contribution in [-0.4, -0.2) is 24.2 Å². The molecule has 0 spiro atoms. The Morgan fingerprint density at radius 3 is 1.86 bits per heavy atom. The van der Waals surface area contributed by atoms with Gasteiger partial charge in [-0.2, -0.15) is 4.57 Å². The highest BCUT2D eigenvalue weighted by Gasteiger charge is 2.24. The highest BCUT2D eigenvalue weighted by atomic mass is 79.9. The first-order valence-corrected chi connectivity index (χ1v) is 8.64. The number of hydrogen-bond donors (Lipinski definition) is 1. The van der Waals surface area contributed by atoms with E-state index in [1.54, 1.807) is 14.2 Å². The van der Waals surface area contributed by atoms with Crippen LogP contribution in [0.2, 0.25) is 0 Å². The zero-order valence-corrected chi connectivity index (χ0v) is 17.7. The molecule has 2 aromatic heterocycles. The quantitative estimate of drug-likeness (QED) is 0.281. The molecular formula is C21H21BrN4O2. The first-order chi connectivity index (χ1) is 13.1. The predicted molar refractivity (Wildman–Crippen MR) is 106 cm³/mol. The minimum absolute atomic E-state index is 0. The van der Waals surface area contributed by atoms with Gasteiger partial charge in [-0.25, -0.2) is 9.97 Å². The van der Waals surface area contributed by atoms with Crippen molar-refractivity contribution >= 4 is 27.8 Å². The molecule has 2 N–H and O–H groups in total. The van der Waals surface area contributed by atoms with E-state index in [9.17, 15) is 0 Å². The second kappa shape index (κ2) is 7.59. The Bertz CT molecular complexity index is 1180. The number of aromatic nitrogens is 3. The molecule has 28 heavy (non-hydrogen) atoms. The number of nitrogens with two attached hydrogens (primary N) is 1. The summed E-state index contributed by atoms with van der Waals surface area (Å²) in [4.78, 5) is 9.77. The molecule has 4 rings (SSSR count). The lowest BCUT2D eigenvalue weighted by atomic mass is 10.0. The van der Waals surface area contributed by atoms with Crippen molar-refractivity contribution in [3.63, 3.8) is 0 Å². The molecule has 0 unspecified atom stereocenters. The van der Waals surface area contributed by atoms with Crippen LogP contribution in [0.3, 0.4) is 0 Å². The summed E-state index contributed by atoms with van der Waals surface area (Å²) in [5, 5.41) is 0. The van der Waals surface area contributed by atoms with Crippen molar-refractivity contribution in [2.45, 2.75) is 13.8 Å². The predicted octanol–water partition coefficient (Wildman–Crippen LogP) is 0.280. The standard InChI is InChI=1S/C21H21N4O2.BrH/c1-12-13(2)21(25-10-6-5-7-11-25)20-19(16(12)22)23-17-14(26-3)8-9-15(27-4)18(17)24-20;/h5-11H,22H2,1-4H3;1H/q+1;/p-1. The van der Waals surface area contributed by atoms with Crippen LogP contribution in [0.4, 0.5) is 5.69 Å². The average Bonchev–Trinajstić information content (AvgIpc) is 2.71. The number of anilines is 1. The lowest BCUT2D eigenvalue weighted by Gasteiger charge is -2.14. The van der Waals surface area contributed by atoms with Gasteiger partial charge in [0.2, 0.25) is 5.69 Å². The van der Waals surface area contributed by atoms with Crippen molar-refractivity contribution in [1.29, 1.82) is 0 Å². The van der Waals surface area contributed by atoms with Crippen LogP contribution in [0.1, 0.15) is 11.1 Å². The first-order valence-electron chi connectivity index (χ1n) is 8.64. The molecule has 0 radical (unpaired) electrons. The smallest absolute Gasteiger partial charge is 0.242 e. The third-order valence-electron chi connectivity index (χ3n) is 4.96. The molecule has 0 aliphatic rings. The topological polar surface area (TPSA) is 74.1 Å². The molecule has 0 aliphatic carbocycles. The molecule has 4 aromatic rings. The molecule has 0 aliphatic heterocycles. The Labute approximate surface area is 173 Å². The third kappa shape index (κ3) is 2.92. The van der Waals surface area contributed by atoms with Crippen molar-refractivity contribution in [2.75, 3.05) is 20.0 Å². The van der Waals surface area contributed by atoms with E-state index < -0.39 is 0 Å². The summed E-state index contributed by atoms with van der Waals surface area (Å²) in [5.41, 5.74) is 12.7. The summed E-state index contributed by atoms with van der Waals surface area (Å²) in [6.07, 6.45) is 3.98. The number of nitrogens with zero attached hydrogens (tertiary/aromatic N) is 3. The number of rotatable bonds is 3. The molecule has 0 saturated carbocycles. The van der Waals surface area contributed by atoms with Gasteiger partial charge in [-0.3, -0.25) is 0 Å². The minimum Gasteiger partial charge on any atom is -1.00 e. The van der Waals surface area contributed by atoms with Crippen molar-refractivity contribution in [2.24, 2.45) is 0 Å². The van der Waals surface area contributed by atoms with Crippen molar-refractivity contribution in [1.82, 2.24) is 9.97 Å². The van der Waals surface area contributed by atoms with E-state index in [1.165, 1.54) is 0 Å². The second-order valence-corrected chi connectivity index (χ2v) is 6.38. The van der Waals surface area contributed by atoms with Gasteiger partial charge in [0.05, 0.1) is 19.9 Å². The average molecular weight is 441 g/mol. The number of halogens is 1. The van der Waals surface area contributed by atoms with Crippen LogP contribution >= 0.6 is 0 Å². The van der Waals surface area contributed by atoms with Gasteiger partial charge in [0, 0.05) is 17.7 Å². The summed E-state index contributed by atoms with van der Waals surface area (Å²) in [7, 11) is 3.23. The Morgan fingerprint density at radius 2 is 1.32 bits per heavy atom. The summed E-state index contributed by atoms with van der Waals surface area (Å²) in [6, 6.07) is 9.60. The Kier molecular flexibility index (Phi) is 5.38. The van der Waals surface area contributed by atoms with Gasteiger partial charge in [-0.1, -0.05) is 6.07 Å². The highest BCUT2D eigenvalue weighted by molar-refractivity contribution is 6.01. The number of hydrogen-bond acceptors (Lipinski definition) is 5. The van der Waals surface area contributed by atoms with Crippen LogP contribution in [0, 0.1) is 13.8 Å². The fraction of sp³-hybridized carbons (Fsp3) is 0.190. The molecule has 0 saturated heterocycles. The van der Waals surface area contributed by atoms with E-state index in [0.717, 1.165) is 22.3 Å². The van der Waals surface area contributed by atoms with Crippen LogP contribution in [0.5, 0.6) is 11.5 Å². The lowest BCUT2D eigenvalue weighted by molar-refractivity contribution is -0.594. The monoisotopic (exact) mass is 440 g/mol. The van der Waals surface area contributed by atoms with Gasteiger partial charge in [-0.05, 0) is 31.5 Å². The van der Waals surface area contributed by atoms with Gasteiger partial charge < -0.3 is 32.2 Å². The maximum absolute atomic E-state index is 6.44. The minimum atomic E-state index is 0. The lowest BCUT2D eigenvalue weighted by Crippen LogP contribution is -3.00. The fourth-order valence-corrected chi connectivity index (χ4v) is 3.37. The number of ether oxygens (including phenoxy) is 2. The molecule has 0 bridgehead atoms. The molecular weight excluding hydrogens is 420 g/mol. The van der Waals surface area contributed by atoms with Gasteiger partial charge in [-0.15, -0.1) is 0 Å². The summed E-state index contributed by atoms with van der Waals surface area (Å²) >= 11 is 0. The van der Waals surface area contributed by atoms with E-state index in [1.807, 2.05) is 54.2 Å². The summed E-state index contributed by atoms with van der Waals surface area (Å²) < 4.78 is 13.0. The molecule has 7 heteroatoms. The van der Waals surface area contributed by atoms with Crippen LogP contribution in [0.15, 0.2) is 42.7 Å². The first kappa shape index (κ1) is 19.8. The molecule has 2 aromatic carbocycles. The van der Waals surface area contributed by atoms with Crippen LogP contribution in [0.25, 0.3) is 27.8 Å². The fourth-order valence-electron chi connectivity index (χ4n) is 3.37. The number of benzene rings is 2. The molecule has 144 valence electrons. The van der Waals surface area contributed by atoms with E-state index in [4.69, 9.17) is 25.2 Å². The third-order valence-corrected chi connectivity index (χ3v) is 4.96. The number of fused-ring (bicyclic) bond motifs is 2. The summed E-state index contributed by atoms with van der Waals surface area (Å²) in [6.45, 7) is 4.06. The largest absolute Gasteiger partial charge is 1.00 e.